The molecule has 28 heavy (non-hydrogen) atoms. The number of allylic oxidation sites excluding steroid dienone is 1. The van der Waals surface area contributed by atoms with E-state index in [1.807, 2.05) is 12.1 Å². The first-order valence-corrected chi connectivity index (χ1v) is 10.5. The Kier molecular flexibility index (Phi) is 5.17. The molecule has 1 aromatic carbocycles. The van der Waals surface area contributed by atoms with E-state index in [4.69, 9.17) is 0 Å². The van der Waals surface area contributed by atoms with Crippen molar-refractivity contribution in [1.29, 1.82) is 0 Å². The SMILES string of the molecule is CCc1cccc2c1N=CC2=Cc1sc(=O)n(CC(=O)N2CCCCC2)c1O. The zero-order chi connectivity index (χ0) is 19.7. The van der Waals surface area contributed by atoms with Gasteiger partial charge >= 0.3 is 4.87 Å². The van der Waals surface area contributed by atoms with Crippen LogP contribution >= 0.6 is 11.3 Å². The van der Waals surface area contributed by atoms with E-state index >= 15 is 0 Å². The molecule has 3 heterocycles. The van der Waals surface area contributed by atoms with Crippen molar-refractivity contribution in [2.45, 2.75) is 39.2 Å². The van der Waals surface area contributed by atoms with Crippen molar-refractivity contribution < 1.29 is 9.90 Å². The number of aryl methyl sites for hydroxylation is 1. The van der Waals surface area contributed by atoms with Crippen LogP contribution in [0.2, 0.25) is 0 Å². The maximum Gasteiger partial charge on any atom is 0.311 e. The van der Waals surface area contributed by atoms with Gasteiger partial charge in [-0.2, -0.15) is 0 Å². The van der Waals surface area contributed by atoms with Crippen molar-refractivity contribution >= 4 is 40.8 Å². The Morgan fingerprint density at radius 3 is 2.82 bits per heavy atom. The Labute approximate surface area is 167 Å². The monoisotopic (exact) mass is 397 g/mol. The smallest absolute Gasteiger partial charge is 0.311 e. The van der Waals surface area contributed by atoms with Gasteiger partial charge in [0.05, 0.1) is 10.6 Å². The zero-order valence-electron chi connectivity index (χ0n) is 15.9. The second-order valence-electron chi connectivity index (χ2n) is 7.11. The fraction of sp³-hybridized carbons (Fsp3) is 0.381. The predicted octanol–water partition coefficient (Wildman–Crippen LogP) is 3.45. The van der Waals surface area contributed by atoms with Gasteiger partial charge in [0, 0.05) is 30.4 Å². The van der Waals surface area contributed by atoms with Gasteiger partial charge in [-0.15, -0.1) is 0 Å². The second kappa shape index (κ2) is 7.75. The fourth-order valence-electron chi connectivity index (χ4n) is 3.75. The normalized spacial score (nSPS) is 17.3. The molecule has 0 radical (unpaired) electrons. The first kappa shape index (κ1) is 18.7. The van der Waals surface area contributed by atoms with Gasteiger partial charge in [-0.1, -0.05) is 36.5 Å². The summed E-state index contributed by atoms with van der Waals surface area (Å²) in [5, 5.41) is 10.6. The molecule has 1 amide bonds. The van der Waals surface area contributed by atoms with E-state index in [1.165, 1.54) is 10.1 Å². The molecule has 0 bridgehead atoms. The van der Waals surface area contributed by atoms with Crippen LogP contribution in [0.4, 0.5) is 5.69 Å². The van der Waals surface area contributed by atoms with Crippen molar-refractivity contribution in [3.05, 3.63) is 43.9 Å². The van der Waals surface area contributed by atoms with E-state index < -0.39 is 0 Å². The molecular formula is C21H23N3O3S. The minimum atomic E-state index is -0.327. The third kappa shape index (κ3) is 3.42. The number of likely N-dealkylation sites (tertiary alicyclic amines) is 1. The van der Waals surface area contributed by atoms with E-state index in [2.05, 4.69) is 18.0 Å². The van der Waals surface area contributed by atoms with E-state index in [0.29, 0.717) is 4.88 Å². The fourth-order valence-corrected chi connectivity index (χ4v) is 4.58. The highest BCUT2D eigenvalue weighted by Gasteiger charge is 2.22. The standard InChI is InChI=1S/C21H23N3O3S/c1-2-14-7-6-8-16-15(12-22-19(14)16)11-17-20(26)24(21(27)28-17)13-18(25)23-9-4-3-5-10-23/h6-8,11-12,26H,2-5,9-10,13H2,1H3. The summed E-state index contributed by atoms with van der Waals surface area (Å²) >= 11 is 0.950. The van der Waals surface area contributed by atoms with Crippen LogP contribution in [0.15, 0.2) is 28.0 Å². The molecule has 1 aromatic heterocycles. The first-order chi connectivity index (χ1) is 13.6. The molecule has 1 saturated heterocycles. The van der Waals surface area contributed by atoms with E-state index in [1.54, 1.807) is 17.2 Å². The molecule has 2 aromatic rings. The van der Waals surface area contributed by atoms with Gasteiger partial charge in [-0.25, -0.2) is 0 Å². The van der Waals surface area contributed by atoms with Gasteiger partial charge in [-0.3, -0.25) is 19.1 Å². The highest BCUT2D eigenvalue weighted by atomic mass is 32.1. The summed E-state index contributed by atoms with van der Waals surface area (Å²) in [7, 11) is 0. The second-order valence-corrected chi connectivity index (χ2v) is 8.10. The van der Waals surface area contributed by atoms with Gasteiger partial charge < -0.3 is 10.0 Å². The minimum absolute atomic E-state index is 0.116. The highest BCUT2D eigenvalue weighted by Crippen LogP contribution is 2.37. The predicted molar refractivity (Wildman–Crippen MR) is 113 cm³/mol. The van der Waals surface area contributed by atoms with Crippen LogP contribution in [-0.4, -0.2) is 39.8 Å². The summed E-state index contributed by atoms with van der Waals surface area (Å²) in [4.78, 5) is 31.3. The number of aliphatic imine (C=N–C) groups is 1. The van der Waals surface area contributed by atoms with Crippen molar-refractivity contribution in [2.75, 3.05) is 13.1 Å². The quantitative estimate of drug-likeness (QED) is 0.859. The number of nitrogens with zero attached hydrogens (tertiary/aromatic N) is 3. The Morgan fingerprint density at radius 1 is 1.29 bits per heavy atom. The first-order valence-electron chi connectivity index (χ1n) is 9.67. The Balaban J connectivity index is 1.61. The lowest BCUT2D eigenvalue weighted by Crippen LogP contribution is -2.38. The summed E-state index contributed by atoms with van der Waals surface area (Å²) in [6.07, 6.45) is 7.54. The van der Waals surface area contributed by atoms with Crippen molar-refractivity contribution in [1.82, 2.24) is 9.47 Å². The lowest BCUT2D eigenvalue weighted by molar-refractivity contribution is -0.132. The summed E-state index contributed by atoms with van der Waals surface area (Å²) in [6, 6.07) is 6.03. The van der Waals surface area contributed by atoms with E-state index in [9.17, 15) is 14.7 Å². The molecule has 0 aliphatic carbocycles. The summed E-state index contributed by atoms with van der Waals surface area (Å²) in [6.45, 7) is 3.42. The van der Waals surface area contributed by atoms with E-state index in [-0.39, 0.29) is 23.2 Å². The summed E-state index contributed by atoms with van der Waals surface area (Å²) < 4.78 is 1.17. The van der Waals surface area contributed by atoms with Gasteiger partial charge in [-0.05, 0) is 37.3 Å². The van der Waals surface area contributed by atoms with Crippen LogP contribution in [-0.2, 0) is 17.8 Å². The van der Waals surface area contributed by atoms with Crippen LogP contribution in [0.1, 0.15) is 42.2 Å². The number of aromatic nitrogens is 1. The lowest BCUT2D eigenvalue weighted by Gasteiger charge is -2.26. The van der Waals surface area contributed by atoms with Crippen molar-refractivity contribution in [3.8, 4) is 5.88 Å². The number of hydrogen-bond acceptors (Lipinski definition) is 5. The van der Waals surface area contributed by atoms with Crippen LogP contribution in [0.25, 0.3) is 11.6 Å². The molecule has 146 valence electrons. The molecule has 1 N–H and O–H groups in total. The van der Waals surface area contributed by atoms with Gasteiger partial charge in [0.15, 0.2) is 0 Å². The Morgan fingerprint density at radius 2 is 2.07 bits per heavy atom. The highest BCUT2D eigenvalue weighted by molar-refractivity contribution is 7.10. The maximum absolute atomic E-state index is 12.5. The molecule has 0 unspecified atom stereocenters. The average molecular weight is 398 g/mol. The zero-order valence-corrected chi connectivity index (χ0v) is 16.7. The third-order valence-electron chi connectivity index (χ3n) is 5.33. The molecule has 0 saturated carbocycles. The molecule has 2 aliphatic heterocycles. The Hall–Kier alpha value is -2.67. The molecule has 7 heteroatoms. The number of piperidine rings is 1. The topological polar surface area (TPSA) is 74.9 Å². The number of benzene rings is 1. The van der Waals surface area contributed by atoms with Gasteiger partial charge in [0.2, 0.25) is 11.8 Å². The number of fused-ring (bicyclic) bond motifs is 1. The van der Waals surface area contributed by atoms with Crippen LogP contribution < -0.4 is 4.87 Å². The molecule has 0 spiro atoms. The summed E-state index contributed by atoms with van der Waals surface area (Å²) in [5.41, 5.74) is 3.97. The molecular weight excluding hydrogens is 374 g/mol. The number of rotatable bonds is 4. The molecule has 4 rings (SSSR count). The minimum Gasteiger partial charge on any atom is -0.493 e. The Bertz CT molecular complexity index is 1030. The molecule has 2 aliphatic rings. The molecule has 6 nitrogen and oxygen atoms in total. The lowest BCUT2D eigenvalue weighted by atomic mass is 10.0. The average Bonchev–Trinajstić information content (AvgIpc) is 3.25. The maximum atomic E-state index is 12.5. The molecule has 0 atom stereocenters. The van der Waals surface area contributed by atoms with Crippen LogP contribution in [0.5, 0.6) is 5.88 Å². The number of carbonyl (C=O) groups is 1. The number of aromatic hydroxyl groups is 1. The largest absolute Gasteiger partial charge is 0.493 e. The number of carbonyl (C=O) groups excluding carboxylic acids is 1. The third-order valence-corrected chi connectivity index (χ3v) is 6.24. The van der Waals surface area contributed by atoms with Crippen molar-refractivity contribution in [2.24, 2.45) is 4.99 Å². The summed E-state index contributed by atoms with van der Waals surface area (Å²) in [5.74, 6) is -0.268. The number of hydrogen-bond donors (Lipinski definition) is 1. The molecule has 1 fully saturated rings. The van der Waals surface area contributed by atoms with Gasteiger partial charge in [0.1, 0.15) is 6.54 Å². The van der Waals surface area contributed by atoms with Gasteiger partial charge in [0.25, 0.3) is 0 Å². The number of amides is 1. The van der Waals surface area contributed by atoms with Crippen LogP contribution in [0.3, 0.4) is 0 Å². The number of thiazole rings is 1. The van der Waals surface area contributed by atoms with Crippen LogP contribution in [0, 0.1) is 0 Å². The number of para-hydroxylation sites is 1. The van der Waals surface area contributed by atoms with E-state index in [0.717, 1.165) is 66.9 Å². The van der Waals surface area contributed by atoms with Crippen molar-refractivity contribution in [3.63, 3.8) is 0 Å².